The lowest BCUT2D eigenvalue weighted by Crippen LogP contribution is -2.42. The molecule has 2 atom stereocenters. The average Bonchev–Trinajstić information content (AvgIpc) is 3.39. The van der Waals surface area contributed by atoms with Crippen LogP contribution >= 0.6 is 0 Å². The summed E-state index contributed by atoms with van der Waals surface area (Å²) in [6.07, 6.45) is 6.83. The Morgan fingerprint density at radius 1 is 1.10 bits per heavy atom. The molecule has 2 aromatic carbocycles. The number of likely N-dealkylation sites (tertiary alicyclic amines) is 1. The smallest absolute Gasteiger partial charge is 0.238 e. The molecule has 1 aliphatic carbocycles. The van der Waals surface area contributed by atoms with E-state index < -0.39 is 0 Å². The van der Waals surface area contributed by atoms with Gasteiger partial charge >= 0.3 is 0 Å². The van der Waals surface area contributed by atoms with Gasteiger partial charge in [0.25, 0.3) is 0 Å². The fourth-order valence-electron chi connectivity index (χ4n) is 5.35. The van der Waals surface area contributed by atoms with Crippen molar-refractivity contribution in [3.05, 3.63) is 65.2 Å². The molecule has 1 spiro atoms. The van der Waals surface area contributed by atoms with Crippen molar-refractivity contribution in [2.24, 2.45) is 0 Å². The zero-order chi connectivity index (χ0) is 21.1. The van der Waals surface area contributed by atoms with Crippen LogP contribution in [0.25, 0.3) is 0 Å². The van der Waals surface area contributed by atoms with Gasteiger partial charge in [-0.2, -0.15) is 0 Å². The quantitative estimate of drug-likeness (QED) is 0.769. The van der Waals surface area contributed by atoms with Crippen molar-refractivity contribution >= 4 is 11.6 Å². The maximum Gasteiger partial charge on any atom is 0.238 e. The molecule has 2 aliphatic heterocycles. The molecular formula is C26H32N2O3. The third kappa shape index (κ3) is 4.69. The lowest BCUT2D eigenvalue weighted by Gasteiger charge is -2.29. The Kier molecular flexibility index (Phi) is 6.08. The van der Waals surface area contributed by atoms with E-state index >= 15 is 0 Å². The van der Waals surface area contributed by atoms with Gasteiger partial charge in [-0.3, -0.25) is 9.69 Å². The molecule has 164 valence electrons. The molecule has 1 amide bonds. The van der Waals surface area contributed by atoms with E-state index in [1.165, 1.54) is 29.5 Å². The monoisotopic (exact) mass is 420 g/mol. The Hall–Kier alpha value is -2.21. The van der Waals surface area contributed by atoms with Crippen LogP contribution in [0.5, 0.6) is 0 Å². The number of amides is 1. The van der Waals surface area contributed by atoms with E-state index in [1.807, 2.05) is 24.3 Å². The highest BCUT2D eigenvalue weighted by atomic mass is 16.6. The van der Waals surface area contributed by atoms with Gasteiger partial charge in [-0.1, -0.05) is 36.4 Å². The lowest BCUT2D eigenvalue weighted by molar-refractivity contribution is -0.117. The first-order valence-electron chi connectivity index (χ1n) is 11.6. The van der Waals surface area contributed by atoms with E-state index in [4.69, 9.17) is 9.47 Å². The predicted molar refractivity (Wildman–Crippen MR) is 121 cm³/mol. The van der Waals surface area contributed by atoms with Crippen LogP contribution in [-0.4, -0.2) is 48.8 Å². The molecule has 5 nitrogen and oxygen atoms in total. The van der Waals surface area contributed by atoms with Gasteiger partial charge in [0.2, 0.25) is 5.91 Å². The highest BCUT2D eigenvalue weighted by Crippen LogP contribution is 2.37. The molecule has 3 aliphatic rings. The van der Waals surface area contributed by atoms with Crippen molar-refractivity contribution in [1.29, 1.82) is 0 Å². The molecular weight excluding hydrogens is 388 g/mol. The number of nitrogens with one attached hydrogen (secondary N) is 1. The van der Waals surface area contributed by atoms with E-state index in [0.29, 0.717) is 13.2 Å². The normalized spacial score (nSPS) is 25.6. The minimum atomic E-state index is -0.277. The van der Waals surface area contributed by atoms with E-state index in [0.717, 1.165) is 51.1 Å². The lowest BCUT2D eigenvalue weighted by atomic mass is 9.91. The van der Waals surface area contributed by atoms with Crippen LogP contribution in [0.1, 0.15) is 42.4 Å². The molecule has 0 saturated carbocycles. The van der Waals surface area contributed by atoms with Gasteiger partial charge < -0.3 is 14.8 Å². The molecule has 2 heterocycles. The fourth-order valence-corrected chi connectivity index (χ4v) is 5.35. The standard InChI is InChI=1S/C26H32N2O3/c29-25(27-23-12-11-21-9-4-5-10-22(21)15-23)17-28-16-24(26(19-28)13-6-14-31-26)30-18-20-7-2-1-3-8-20/h1-3,7-8,11-12,15,24H,4-6,9-10,13-14,16-19H2,(H,27,29)/t24-,26-/m0/s1. The molecule has 31 heavy (non-hydrogen) atoms. The van der Waals surface area contributed by atoms with Gasteiger partial charge in [0.1, 0.15) is 11.7 Å². The van der Waals surface area contributed by atoms with Crippen LogP contribution < -0.4 is 5.32 Å². The number of hydrogen-bond donors (Lipinski definition) is 1. The summed E-state index contributed by atoms with van der Waals surface area (Å²) in [6.45, 7) is 3.20. The SMILES string of the molecule is O=C(CN1C[C@H](OCc2ccccc2)[C@]2(CCCO2)C1)Nc1ccc2c(c1)CCCC2. The highest BCUT2D eigenvalue weighted by molar-refractivity contribution is 5.92. The number of aryl methyl sites for hydroxylation is 2. The number of ether oxygens (including phenoxy) is 2. The summed E-state index contributed by atoms with van der Waals surface area (Å²) in [5, 5.41) is 3.11. The Bertz CT molecular complexity index is 908. The molecule has 0 unspecified atom stereocenters. The third-order valence-electron chi connectivity index (χ3n) is 6.93. The van der Waals surface area contributed by atoms with Gasteiger partial charge in [0.05, 0.1) is 13.2 Å². The largest absolute Gasteiger partial charge is 0.371 e. The van der Waals surface area contributed by atoms with E-state index in [2.05, 4.69) is 34.5 Å². The Balaban J connectivity index is 1.20. The van der Waals surface area contributed by atoms with Crippen LogP contribution in [0.2, 0.25) is 0 Å². The summed E-state index contributed by atoms with van der Waals surface area (Å²) in [7, 11) is 0. The molecule has 0 radical (unpaired) electrons. The molecule has 5 rings (SSSR count). The van der Waals surface area contributed by atoms with Gasteiger partial charge in [-0.05, 0) is 67.3 Å². The number of carbonyl (C=O) groups excluding carboxylic acids is 1. The molecule has 0 aromatic heterocycles. The zero-order valence-electron chi connectivity index (χ0n) is 18.1. The average molecular weight is 421 g/mol. The van der Waals surface area contributed by atoms with Gasteiger partial charge in [0, 0.05) is 25.4 Å². The summed E-state index contributed by atoms with van der Waals surface area (Å²) in [5.41, 5.74) is 4.62. The molecule has 5 heteroatoms. The second-order valence-corrected chi connectivity index (χ2v) is 9.21. The van der Waals surface area contributed by atoms with Gasteiger partial charge in [-0.25, -0.2) is 0 Å². The number of carbonyl (C=O) groups is 1. The first kappa shape index (κ1) is 20.7. The first-order valence-corrected chi connectivity index (χ1v) is 11.6. The van der Waals surface area contributed by atoms with Crippen molar-refractivity contribution in [1.82, 2.24) is 4.90 Å². The van der Waals surface area contributed by atoms with E-state index in [1.54, 1.807) is 0 Å². The Morgan fingerprint density at radius 2 is 1.94 bits per heavy atom. The summed E-state index contributed by atoms with van der Waals surface area (Å²) < 4.78 is 12.5. The van der Waals surface area contributed by atoms with Crippen molar-refractivity contribution in [2.75, 3.05) is 31.6 Å². The number of anilines is 1. The topological polar surface area (TPSA) is 50.8 Å². The summed E-state index contributed by atoms with van der Waals surface area (Å²) >= 11 is 0. The Labute approximate surface area is 184 Å². The molecule has 0 bridgehead atoms. The highest BCUT2D eigenvalue weighted by Gasteiger charge is 2.50. The van der Waals surface area contributed by atoms with Crippen LogP contribution in [0.3, 0.4) is 0 Å². The van der Waals surface area contributed by atoms with Crippen LogP contribution in [-0.2, 0) is 33.7 Å². The maximum absolute atomic E-state index is 12.8. The molecule has 2 fully saturated rings. The Morgan fingerprint density at radius 3 is 2.74 bits per heavy atom. The minimum absolute atomic E-state index is 0.00764. The third-order valence-corrected chi connectivity index (χ3v) is 6.93. The second kappa shape index (κ2) is 9.11. The van der Waals surface area contributed by atoms with Crippen molar-refractivity contribution in [3.63, 3.8) is 0 Å². The molecule has 2 aromatic rings. The number of nitrogens with zero attached hydrogens (tertiary/aromatic N) is 1. The van der Waals surface area contributed by atoms with E-state index in [-0.39, 0.29) is 17.6 Å². The fraction of sp³-hybridized carbons (Fsp3) is 0.500. The molecule has 2 saturated heterocycles. The number of benzene rings is 2. The number of fused-ring (bicyclic) bond motifs is 1. The zero-order valence-corrected chi connectivity index (χ0v) is 18.1. The number of rotatable bonds is 6. The predicted octanol–water partition coefficient (Wildman–Crippen LogP) is 3.95. The van der Waals surface area contributed by atoms with Crippen molar-refractivity contribution < 1.29 is 14.3 Å². The van der Waals surface area contributed by atoms with Crippen molar-refractivity contribution in [3.8, 4) is 0 Å². The summed E-state index contributed by atoms with van der Waals surface area (Å²) in [6, 6.07) is 16.6. The first-order chi connectivity index (χ1) is 15.2. The summed E-state index contributed by atoms with van der Waals surface area (Å²) in [4.78, 5) is 15.0. The second-order valence-electron chi connectivity index (χ2n) is 9.21. The summed E-state index contributed by atoms with van der Waals surface area (Å²) in [5.74, 6) is 0.0348. The van der Waals surface area contributed by atoms with Crippen LogP contribution in [0.15, 0.2) is 48.5 Å². The molecule has 1 N–H and O–H groups in total. The number of hydrogen-bond acceptors (Lipinski definition) is 4. The van der Waals surface area contributed by atoms with Crippen LogP contribution in [0.4, 0.5) is 5.69 Å². The van der Waals surface area contributed by atoms with Gasteiger partial charge in [-0.15, -0.1) is 0 Å². The maximum atomic E-state index is 12.8. The van der Waals surface area contributed by atoms with Crippen LogP contribution in [0, 0.1) is 0 Å². The van der Waals surface area contributed by atoms with E-state index in [9.17, 15) is 4.79 Å². The minimum Gasteiger partial charge on any atom is -0.371 e. The van der Waals surface area contributed by atoms with Gasteiger partial charge in [0.15, 0.2) is 0 Å². The van der Waals surface area contributed by atoms with Crippen molar-refractivity contribution in [2.45, 2.75) is 56.8 Å².